The van der Waals surface area contributed by atoms with Crippen molar-refractivity contribution >= 4 is 17.7 Å². The van der Waals surface area contributed by atoms with E-state index in [2.05, 4.69) is 28.2 Å². The first-order valence-corrected chi connectivity index (χ1v) is 11.7. The molecule has 1 saturated heterocycles. The standard InChI is InChI=1S/C29H22N4O5/c1-37-21-7-6-20-16-33(27(35)22(20)13-21)17-29(14-26(34)32-28(29)36)11-10-24-25(38-2)9-8-23(31-24)19-5-3-4-18(12-19)15-30/h3-9,12-13H,14,16-17H2,1-2H3,(H,32,34,36)/t29-/m1/s1. The van der Waals surface area contributed by atoms with Crippen LogP contribution in [0, 0.1) is 28.6 Å². The van der Waals surface area contributed by atoms with Crippen LogP contribution in [0.2, 0.25) is 0 Å². The van der Waals surface area contributed by atoms with Gasteiger partial charge in [-0.2, -0.15) is 5.26 Å². The Bertz CT molecular complexity index is 1600. The third-order valence-electron chi connectivity index (χ3n) is 6.59. The summed E-state index contributed by atoms with van der Waals surface area (Å²) < 4.78 is 10.7. The molecule has 3 amide bonds. The van der Waals surface area contributed by atoms with Gasteiger partial charge in [-0.15, -0.1) is 0 Å². The van der Waals surface area contributed by atoms with E-state index in [1.807, 2.05) is 12.1 Å². The largest absolute Gasteiger partial charge is 0.497 e. The fourth-order valence-corrected chi connectivity index (χ4v) is 4.62. The molecular weight excluding hydrogens is 484 g/mol. The molecule has 1 aromatic heterocycles. The van der Waals surface area contributed by atoms with E-state index in [1.165, 1.54) is 19.1 Å². The van der Waals surface area contributed by atoms with Crippen LogP contribution in [0.25, 0.3) is 11.3 Å². The minimum absolute atomic E-state index is 0.0698. The van der Waals surface area contributed by atoms with Gasteiger partial charge in [0.2, 0.25) is 11.8 Å². The average molecular weight is 507 g/mol. The molecule has 1 fully saturated rings. The van der Waals surface area contributed by atoms with Crippen LogP contribution in [-0.2, 0) is 16.1 Å². The molecule has 38 heavy (non-hydrogen) atoms. The predicted octanol–water partition coefficient (Wildman–Crippen LogP) is 2.68. The van der Waals surface area contributed by atoms with Crippen molar-refractivity contribution in [3.05, 3.63) is 77.0 Å². The molecule has 3 heterocycles. The SMILES string of the molecule is COc1ccc2c(c1)C(=O)N(C[C@@]1(C#Cc3nc(-c4cccc(C#N)c4)ccc3OC)CC(=O)NC1=O)C2. The third-order valence-corrected chi connectivity index (χ3v) is 6.59. The fraction of sp³-hybridized carbons (Fsp3) is 0.207. The number of imide groups is 1. The zero-order valence-electron chi connectivity index (χ0n) is 20.7. The van der Waals surface area contributed by atoms with E-state index >= 15 is 0 Å². The van der Waals surface area contributed by atoms with E-state index in [-0.39, 0.29) is 31.1 Å². The normalized spacial score (nSPS) is 17.8. The van der Waals surface area contributed by atoms with Gasteiger partial charge in [-0.05, 0) is 47.9 Å². The molecule has 5 rings (SSSR count). The number of benzene rings is 2. The molecule has 0 spiro atoms. The fourth-order valence-electron chi connectivity index (χ4n) is 4.62. The monoisotopic (exact) mass is 506 g/mol. The van der Waals surface area contributed by atoms with E-state index in [0.29, 0.717) is 33.9 Å². The molecule has 0 bridgehead atoms. The number of ether oxygens (including phenoxy) is 2. The first-order valence-electron chi connectivity index (χ1n) is 11.7. The Kier molecular flexibility index (Phi) is 6.28. The van der Waals surface area contributed by atoms with E-state index in [9.17, 15) is 19.6 Å². The van der Waals surface area contributed by atoms with Crippen molar-refractivity contribution in [2.75, 3.05) is 20.8 Å². The van der Waals surface area contributed by atoms with Crippen molar-refractivity contribution in [3.8, 4) is 40.7 Å². The lowest BCUT2D eigenvalue weighted by atomic mass is 9.86. The molecule has 0 radical (unpaired) electrons. The number of nitrogens with one attached hydrogen (secondary N) is 1. The molecule has 0 aliphatic carbocycles. The summed E-state index contributed by atoms with van der Waals surface area (Å²) in [4.78, 5) is 44.6. The lowest BCUT2D eigenvalue weighted by molar-refractivity contribution is -0.127. The highest BCUT2D eigenvalue weighted by atomic mass is 16.5. The number of rotatable bonds is 5. The number of nitriles is 1. The zero-order valence-corrected chi connectivity index (χ0v) is 20.7. The van der Waals surface area contributed by atoms with Crippen molar-refractivity contribution in [2.24, 2.45) is 5.41 Å². The highest BCUT2D eigenvalue weighted by molar-refractivity contribution is 6.08. The van der Waals surface area contributed by atoms with Crippen LogP contribution in [-0.4, -0.2) is 48.4 Å². The summed E-state index contributed by atoms with van der Waals surface area (Å²) in [6.07, 6.45) is -0.186. The van der Waals surface area contributed by atoms with Gasteiger partial charge in [-0.3, -0.25) is 19.7 Å². The Morgan fingerprint density at radius 3 is 2.63 bits per heavy atom. The number of fused-ring (bicyclic) bond motifs is 1. The van der Waals surface area contributed by atoms with Gasteiger partial charge < -0.3 is 14.4 Å². The van der Waals surface area contributed by atoms with E-state index in [4.69, 9.17) is 9.47 Å². The maximum absolute atomic E-state index is 13.2. The summed E-state index contributed by atoms with van der Waals surface area (Å²) in [5.74, 6) is 5.57. The summed E-state index contributed by atoms with van der Waals surface area (Å²) in [7, 11) is 3.00. The highest BCUT2D eigenvalue weighted by Gasteiger charge is 2.48. The molecule has 0 saturated carbocycles. The second-order valence-electron chi connectivity index (χ2n) is 9.01. The molecule has 2 aliphatic rings. The van der Waals surface area contributed by atoms with Gasteiger partial charge in [0.25, 0.3) is 5.91 Å². The van der Waals surface area contributed by atoms with Gasteiger partial charge in [0.05, 0.1) is 38.0 Å². The van der Waals surface area contributed by atoms with E-state index in [0.717, 1.165) is 5.56 Å². The average Bonchev–Trinajstić information content (AvgIpc) is 3.40. The van der Waals surface area contributed by atoms with Gasteiger partial charge in [-0.1, -0.05) is 24.1 Å². The van der Waals surface area contributed by atoms with Crippen LogP contribution in [0.5, 0.6) is 11.5 Å². The van der Waals surface area contributed by atoms with Crippen LogP contribution in [0.1, 0.15) is 33.6 Å². The highest BCUT2D eigenvalue weighted by Crippen LogP contribution is 2.34. The first kappa shape index (κ1) is 24.5. The number of pyridine rings is 1. The van der Waals surface area contributed by atoms with Crippen LogP contribution in [0.15, 0.2) is 54.6 Å². The molecule has 1 atom stereocenters. The number of carbonyl (C=O) groups excluding carboxylic acids is 3. The molecule has 2 aromatic carbocycles. The lowest BCUT2D eigenvalue weighted by Gasteiger charge is -2.25. The summed E-state index contributed by atoms with van der Waals surface area (Å²) in [6.45, 7) is 0.217. The third kappa shape index (κ3) is 4.42. The number of aromatic nitrogens is 1. The number of methoxy groups -OCH3 is 2. The smallest absolute Gasteiger partial charge is 0.254 e. The van der Waals surface area contributed by atoms with Gasteiger partial charge in [0.1, 0.15) is 11.2 Å². The Labute approximate surface area is 219 Å². The Morgan fingerprint density at radius 2 is 1.92 bits per heavy atom. The Morgan fingerprint density at radius 1 is 1.08 bits per heavy atom. The van der Waals surface area contributed by atoms with Crippen LogP contribution < -0.4 is 14.8 Å². The maximum Gasteiger partial charge on any atom is 0.254 e. The quantitative estimate of drug-likeness (QED) is 0.417. The summed E-state index contributed by atoms with van der Waals surface area (Å²) in [5, 5.41) is 11.6. The summed E-state index contributed by atoms with van der Waals surface area (Å²) >= 11 is 0. The molecule has 3 aromatic rings. The van der Waals surface area contributed by atoms with Crippen LogP contribution >= 0.6 is 0 Å². The van der Waals surface area contributed by atoms with Crippen molar-refractivity contribution < 1.29 is 23.9 Å². The molecule has 1 N–H and O–H groups in total. The van der Waals surface area contributed by atoms with E-state index in [1.54, 1.807) is 42.5 Å². The molecular formula is C29H22N4O5. The molecule has 9 nitrogen and oxygen atoms in total. The molecule has 188 valence electrons. The van der Waals surface area contributed by atoms with Gasteiger partial charge in [-0.25, -0.2) is 4.98 Å². The Balaban J connectivity index is 1.51. The van der Waals surface area contributed by atoms with Crippen molar-refractivity contribution in [1.82, 2.24) is 15.2 Å². The van der Waals surface area contributed by atoms with Crippen molar-refractivity contribution in [1.29, 1.82) is 5.26 Å². The number of nitrogens with zero attached hydrogens (tertiary/aromatic N) is 3. The topological polar surface area (TPSA) is 122 Å². The van der Waals surface area contributed by atoms with Crippen LogP contribution in [0.3, 0.4) is 0 Å². The van der Waals surface area contributed by atoms with Gasteiger partial charge >= 0.3 is 0 Å². The number of hydrogen-bond donors (Lipinski definition) is 1. The molecule has 0 unspecified atom stereocenters. The first-order chi connectivity index (χ1) is 18.4. The van der Waals surface area contributed by atoms with Gasteiger partial charge in [0.15, 0.2) is 11.4 Å². The van der Waals surface area contributed by atoms with Gasteiger partial charge in [0, 0.05) is 24.2 Å². The summed E-state index contributed by atoms with van der Waals surface area (Å²) in [5.41, 5.74) is 1.87. The zero-order chi connectivity index (χ0) is 26.9. The Hall–Kier alpha value is -5.15. The maximum atomic E-state index is 13.2. The number of amides is 3. The van der Waals surface area contributed by atoms with Crippen molar-refractivity contribution in [3.63, 3.8) is 0 Å². The predicted molar refractivity (Wildman–Crippen MR) is 136 cm³/mol. The lowest BCUT2D eigenvalue weighted by Crippen LogP contribution is -2.42. The minimum atomic E-state index is -1.46. The second-order valence-corrected chi connectivity index (χ2v) is 9.01. The summed E-state index contributed by atoms with van der Waals surface area (Å²) in [6, 6.07) is 17.8. The second kappa shape index (κ2) is 9.72. The minimum Gasteiger partial charge on any atom is -0.497 e. The molecule has 9 heteroatoms. The van der Waals surface area contributed by atoms with Crippen molar-refractivity contribution in [2.45, 2.75) is 13.0 Å². The number of carbonyl (C=O) groups is 3. The number of hydrogen-bond acceptors (Lipinski definition) is 7. The molecule has 2 aliphatic heterocycles. The van der Waals surface area contributed by atoms with E-state index < -0.39 is 17.2 Å². The van der Waals surface area contributed by atoms with Crippen LogP contribution in [0.4, 0.5) is 0 Å².